The summed E-state index contributed by atoms with van der Waals surface area (Å²) in [5.74, 6) is 0.628. The summed E-state index contributed by atoms with van der Waals surface area (Å²) >= 11 is 0. The highest BCUT2D eigenvalue weighted by Gasteiger charge is 2.06. The molecule has 0 aliphatic rings. The van der Waals surface area contributed by atoms with Gasteiger partial charge in [0.2, 0.25) is 0 Å². The first kappa shape index (κ1) is 9.58. The Labute approximate surface area is 86.3 Å². The van der Waals surface area contributed by atoms with E-state index in [1.807, 2.05) is 0 Å². The third-order valence-corrected chi connectivity index (χ3v) is 2.43. The van der Waals surface area contributed by atoms with Gasteiger partial charge >= 0.3 is 0 Å². The van der Waals surface area contributed by atoms with Gasteiger partial charge in [0.15, 0.2) is 0 Å². The fraction of sp³-hybridized carbons (Fsp3) is 0.182. The zero-order chi connectivity index (χ0) is 11.0. The Bertz CT molecular complexity index is 572. The Morgan fingerprint density at radius 1 is 1.33 bits per heavy atom. The molecule has 0 saturated carbocycles. The summed E-state index contributed by atoms with van der Waals surface area (Å²) in [7, 11) is 3.22. The van der Waals surface area contributed by atoms with Crippen LogP contribution >= 0.6 is 0 Å². The molecule has 0 unspecified atom stereocenters. The van der Waals surface area contributed by atoms with Gasteiger partial charge in [-0.05, 0) is 18.2 Å². The third-order valence-electron chi connectivity index (χ3n) is 2.43. The minimum Gasteiger partial charge on any atom is -0.507 e. The molecule has 0 bridgehead atoms. The van der Waals surface area contributed by atoms with Crippen LogP contribution in [-0.4, -0.2) is 16.8 Å². The van der Waals surface area contributed by atoms with E-state index in [1.54, 1.807) is 32.4 Å². The van der Waals surface area contributed by atoms with Gasteiger partial charge in [0.1, 0.15) is 11.5 Å². The Morgan fingerprint density at radius 2 is 2.07 bits per heavy atom. The van der Waals surface area contributed by atoms with Crippen LogP contribution in [0.4, 0.5) is 0 Å². The molecule has 15 heavy (non-hydrogen) atoms. The van der Waals surface area contributed by atoms with Crippen molar-refractivity contribution in [3.63, 3.8) is 0 Å². The third kappa shape index (κ3) is 1.44. The second-order valence-corrected chi connectivity index (χ2v) is 3.31. The molecular weight excluding hydrogens is 194 g/mol. The smallest absolute Gasteiger partial charge is 0.254 e. The molecule has 1 aromatic heterocycles. The first-order valence-corrected chi connectivity index (χ1v) is 4.50. The fourth-order valence-corrected chi connectivity index (χ4v) is 1.55. The number of hydrogen-bond acceptors (Lipinski definition) is 3. The van der Waals surface area contributed by atoms with Gasteiger partial charge in [0.25, 0.3) is 5.56 Å². The second kappa shape index (κ2) is 3.31. The topological polar surface area (TPSA) is 51.5 Å². The van der Waals surface area contributed by atoms with Crippen molar-refractivity contribution in [3.05, 3.63) is 34.6 Å². The molecule has 1 heterocycles. The Balaban J connectivity index is 2.90. The van der Waals surface area contributed by atoms with Gasteiger partial charge in [-0.1, -0.05) is 0 Å². The van der Waals surface area contributed by atoms with Gasteiger partial charge in [-0.15, -0.1) is 0 Å². The maximum Gasteiger partial charge on any atom is 0.254 e. The van der Waals surface area contributed by atoms with Gasteiger partial charge < -0.3 is 14.4 Å². The molecule has 0 aliphatic heterocycles. The highest BCUT2D eigenvalue weighted by Crippen LogP contribution is 2.26. The number of nitrogens with zero attached hydrogens (tertiary/aromatic N) is 1. The minimum absolute atomic E-state index is 0.0213. The highest BCUT2D eigenvalue weighted by atomic mass is 16.5. The van der Waals surface area contributed by atoms with Crippen LogP contribution in [-0.2, 0) is 7.05 Å². The lowest BCUT2D eigenvalue weighted by atomic mass is 10.2. The minimum atomic E-state index is -0.231. The monoisotopic (exact) mass is 205 g/mol. The van der Waals surface area contributed by atoms with Crippen LogP contribution in [0.2, 0.25) is 0 Å². The van der Waals surface area contributed by atoms with Crippen molar-refractivity contribution in [1.29, 1.82) is 0 Å². The van der Waals surface area contributed by atoms with Crippen molar-refractivity contribution in [3.8, 4) is 11.5 Å². The van der Waals surface area contributed by atoms with Crippen molar-refractivity contribution in [2.75, 3.05) is 7.11 Å². The average molecular weight is 205 g/mol. The van der Waals surface area contributed by atoms with Gasteiger partial charge in [-0.2, -0.15) is 0 Å². The molecule has 0 saturated heterocycles. The predicted octanol–water partition coefficient (Wildman–Crippen LogP) is 1.25. The SMILES string of the molecule is COc1ccc2c(c1)c(O)cc(=O)n2C. The molecule has 0 fully saturated rings. The maximum absolute atomic E-state index is 11.4. The fourth-order valence-electron chi connectivity index (χ4n) is 1.55. The van der Waals surface area contributed by atoms with Gasteiger partial charge in [-0.3, -0.25) is 4.79 Å². The first-order valence-electron chi connectivity index (χ1n) is 4.50. The first-order chi connectivity index (χ1) is 7.13. The highest BCUT2D eigenvalue weighted by molar-refractivity contribution is 5.86. The second-order valence-electron chi connectivity index (χ2n) is 3.31. The normalized spacial score (nSPS) is 10.5. The number of rotatable bonds is 1. The number of aromatic hydroxyl groups is 1. The van der Waals surface area contributed by atoms with E-state index in [0.717, 1.165) is 0 Å². The standard InChI is InChI=1S/C11H11NO3/c1-12-9-4-3-7(15-2)5-8(9)10(13)6-11(12)14/h3-6,13H,1-2H3. The van der Waals surface area contributed by atoms with E-state index in [1.165, 1.54) is 10.6 Å². The lowest BCUT2D eigenvalue weighted by Crippen LogP contribution is -2.15. The van der Waals surface area contributed by atoms with Gasteiger partial charge in [0, 0.05) is 18.5 Å². The van der Waals surface area contributed by atoms with Crippen LogP contribution in [0.3, 0.4) is 0 Å². The van der Waals surface area contributed by atoms with Crippen LogP contribution in [0.1, 0.15) is 0 Å². The lowest BCUT2D eigenvalue weighted by molar-refractivity contribution is 0.415. The number of hydrogen-bond donors (Lipinski definition) is 1. The van der Waals surface area contributed by atoms with Crippen LogP contribution in [0.15, 0.2) is 29.1 Å². The van der Waals surface area contributed by atoms with Gasteiger partial charge in [0.05, 0.1) is 12.6 Å². The number of ether oxygens (including phenoxy) is 1. The summed E-state index contributed by atoms with van der Waals surface area (Å²) in [6.45, 7) is 0. The maximum atomic E-state index is 11.4. The van der Waals surface area contributed by atoms with E-state index < -0.39 is 0 Å². The van der Waals surface area contributed by atoms with E-state index in [0.29, 0.717) is 16.7 Å². The van der Waals surface area contributed by atoms with Crippen LogP contribution in [0.25, 0.3) is 10.9 Å². The number of aromatic nitrogens is 1. The number of methoxy groups -OCH3 is 1. The molecule has 2 rings (SSSR count). The molecule has 1 aromatic carbocycles. The summed E-state index contributed by atoms with van der Waals surface area (Å²) in [6.07, 6.45) is 0. The van der Waals surface area contributed by atoms with Gasteiger partial charge in [-0.25, -0.2) is 0 Å². The van der Waals surface area contributed by atoms with Crippen LogP contribution in [0, 0.1) is 0 Å². The molecule has 0 radical (unpaired) electrons. The van der Waals surface area contributed by atoms with E-state index >= 15 is 0 Å². The Morgan fingerprint density at radius 3 is 2.73 bits per heavy atom. The van der Waals surface area contributed by atoms with E-state index in [2.05, 4.69) is 0 Å². The Hall–Kier alpha value is -1.97. The molecule has 0 atom stereocenters. The number of fused-ring (bicyclic) bond motifs is 1. The zero-order valence-corrected chi connectivity index (χ0v) is 8.52. The molecule has 0 amide bonds. The van der Waals surface area contributed by atoms with E-state index in [9.17, 15) is 9.90 Å². The number of benzene rings is 1. The van der Waals surface area contributed by atoms with E-state index in [4.69, 9.17) is 4.74 Å². The van der Waals surface area contributed by atoms with Crippen molar-refractivity contribution in [2.45, 2.75) is 0 Å². The summed E-state index contributed by atoms with van der Waals surface area (Å²) in [5.41, 5.74) is 0.450. The van der Waals surface area contributed by atoms with E-state index in [-0.39, 0.29) is 11.3 Å². The molecular formula is C11H11NO3. The van der Waals surface area contributed by atoms with Crippen molar-refractivity contribution < 1.29 is 9.84 Å². The Kier molecular flexibility index (Phi) is 2.11. The number of aryl methyl sites for hydroxylation is 1. The lowest BCUT2D eigenvalue weighted by Gasteiger charge is -2.07. The van der Waals surface area contributed by atoms with Crippen LogP contribution in [0.5, 0.6) is 11.5 Å². The quantitative estimate of drug-likeness (QED) is 0.762. The average Bonchev–Trinajstić information content (AvgIpc) is 2.25. The van der Waals surface area contributed by atoms with Crippen molar-refractivity contribution >= 4 is 10.9 Å². The largest absolute Gasteiger partial charge is 0.507 e. The summed E-state index contributed by atoms with van der Waals surface area (Å²) in [5, 5.41) is 10.2. The predicted molar refractivity (Wildman–Crippen MR) is 57.4 cm³/mol. The summed E-state index contributed by atoms with van der Waals surface area (Å²) < 4.78 is 6.53. The zero-order valence-electron chi connectivity index (χ0n) is 8.52. The molecule has 4 nitrogen and oxygen atoms in total. The molecule has 1 N–H and O–H groups in total. The molecule has 0 spiro atoms. The summed E-state index contributed by atoms with van der Waals surface area (Å²) in [4.78, 5) is 11.4. The van der Waals surface area contributed by atoms with Crippen molar-refractivity contribution in [2.24, 2.45) is 7.05 Å². The molecule has 4 heteroatoms. The molecule has 78 valence electrons. The number of pyridine rings is 1. The molecule has 0 aliphatic carbocycles. The van der Waals surface area contributed by atoms with Crippen LogP contribution < -0.4 is 10.3 Å². The summed E-state index contributed by atoms with van der Waals surface area (Å²) in [6, 6.07) is 6.39. The molecule has 2 aromatic rings. The van der Waals surface area contributed by atoms with Crippen molar-refractivity contribution in [1.82, 2.24) is 4.57 Å².